The Bertz CT molecular complexity index is 700. The number of hydrogen-bond acceptors (Lipinski definition) is 3. The van der Waals surface area contributed by atoms with Crippen molar-refractivity contribution in [3.8, 4) is 0 Å². The lowest BCUT2D eigenvalue weighted by Gasteiger charge is -2.34. The van der Waals surface area contributed by atoms with Gasteiger partial charge in [0.1, 0.15) is 10.7 Å². The maximum atomic E-state index is 13.3. The Kier molecular flexibility index (Phi) is 4.05. The Morgan fingerprint density at radius 1 is 1.48 bits per heavy atom. The van der Waals surface area contributed by atoms with E-state index in [4.69, 9.17) is 5.73 Å². The molecule has 3 nitrogen and oxygen atoms in total. The molecule has 2 aromatic rings. The number of benzene rings is 1. The second-order valence-electron chi connectivity index (χ2n) is 5.86. The minimum atomic E-state index is -0.357. The molecule has 5 heteroatoms. The SMILES string of the molecule is C=CCN(C(=O)c1sc2ccc(F)cc2c1N)C(C)(C)C. The van der Waals surface area contributed by atoms with Crippen molar-refractivity contribution in [2.45, 2.75) is 26.3 Å². The number of hydrogen-bond donors (Lipinski definition) is 1. The van der Waals surface area contributed by atoms with Gasteiger partial charge in [0, 0.05) is 22.2 Å². The van der Waals surface area contributed by atoms with E-state index in [0.29, 0.717) is 22.5 Å². The summed E-state index contributed by atoms with van der Waals surface area (Å²) in [6.07, 6.45) is 1.69. The Morgan fingerprint density at radius 2 is 2.14 bits per heavy atom. The van der Waals surface area contributed by atoms with E-state index in [1.165, 1.54) is 23.5 Å². The smallest absolute Gasteiger partial charge is 0.266 e. The van der Waals surface area contributed by atoms with Crippen LogP contribution in [-0.2, 0) is 0 Å². The first-order valence-corrected chi connectivity index (χ1v) is 7.47. The van der Waals surface area contributed by atoms with Gasteiger partial charge in [0.2, 0.25) is 0 Å². The molecule has 2 N–H and O–H groups in total. The molecule has 0 bridgehead atoms. The molecule has 0 fully saturated rings. The monoisotopic (exact) mass is 306 g/mol. The molecule has 0 spiro atoms. The molecule has 0 unspecified atom stereocenters. The van der Waals surface area contributed by atoms with Crippen molar-refractivity contribution >= 4 is 33.0 Å². The Hall–Kier alpha value is -1.88. The molecule has 21 heavy (non-hydrogen) atoms. The van der Waals surface area contributed by atoms with Gasteiger partial charge in [0.05, 0.1) is 5.69 Å². The van der Waals surface area contributed by atoms with E-state index in [-0.39, 0.29) is 17.3 Å². The first kappa shape index (κ1) is 15.5. The van der Waals surface area contributed by atoms with Crippen LogP contribution in [0.1, 0.15) is 30.4 Å². The van der Waals surface area contributed by atoms with Crippen molar-refractivity contribution < 1.29 is 9.18 Å². The van der Waals surface area contributed by atoms with Gasteiger partial charge in [-0.3, -0.25) is 4.79 Å². The second kappa shape index (κ2) is 5.48. The highest BCUT2D eigenvalue weighted by atomic mass is 32.1. The average Bonchev–Trinajstić information content (AvgIpc) is 2.71. The highest BCUT2D eigenvalue weighted by molar-refractivity contribution is 7.21. The van der Waals surface area contributed by atoms with Crippen LogP contribution in [0.4, 0.5) is 10.1 Å². The van der Waals surface area contributed by atoms with E-state index in [2.05, 4.69) is 6.58 Å². The number of rotatable bonds is 3. The summed E-state index contributed by atoms with van der Waals surface area (Å²) in [5, 5.41) is 0.593. The van der Waals surface area contributed by atoms with E-state index in [0.717, 1.165) is 4.70 Å². The molecule has 0 atom stereocenters. The lowest BCUT2D eigenvalue weighted by Crippen LogP contribution is -2.45. The second-order valence-corrected chi connectivity index (χ2v) is 6.91. The van der Waals surface area contributed by atoms with Crippen LogP contribution >= 0.6 is 11.3 Å². The van der Waals surface area contributed by atoms with Crippen LogP contribution in [0.2, 0.25) is 0 Å². The molecule has 0 saturated carbocycles. The van der Waals surface area contributed by atoms with Gasteiger partial charge in [-0.15, -0.1) is 17.9 Å². The summed E-state index contributed by atoms with van der Waals surface area (Å²) in [6, 6.07) is 4.39. The van der Waals surface area contributed by atoms with E-state index in [1.54, 1.807) is 17.0 Å². The zero-order valence-electron chi connectivity index (χ0n) is 12.4. The third-order valence-corrected chi connectivity index (χ3v) is 4.42. The molecular formula is C16H19FN2OS. The third-order valence-electron chi connectivity index (χ3n) is 3.25. The van der Waals surface area contributed by atoms with Crippen molar-refractivity contribution in [2.75, 3.05) is 12.3 Å². The van der Waals surface area contributed by atoms with Gasteiger partial charge < -0.3 is 10.6 Å². The number of nitrogen functional groups attached to an aromatic ring is 1. The fraction of sp³-hybridized carbons (Fsp3) is 0.312. The molecule has 0 saturated heterocycles. The van der Waals surface area contributed by atoms with Crippen molar-refractivity contribution in [1.82, 2.24) is 4.90 Å². The number of fused-ring (bicyclic) bond motifs is 1. The van der Waals surface area contributed by atoms with E-state index < -0.39 is 0 Å². The predicted molar refractivity (Wildman–Crippen MR) is 87.2 cm³/mol. The number of carbonyl (C=O) groups excluding carboxylic acids is 1. The lowest BCUT2D eigenvalue weighted by atomic mass is 10.1. The number of anilines is 1. The lowest BCUT2D eigenvalue weighted by molar-refractivity contribution is 0.0623. The fourth-order valence-electron chi connectivity index (χ4n) is 2.16. The predicted octanol–water partition coefficient (Wildman–Crippen LogP) is 4.05. The van der Waals surface area contributed by atoms with Crippen LogP contribution in [0.15, 0.2) is 30.9 Å². The summed E-state index contributed by atoms with van der Waals surface area (Å²) in [4.78, 5) is 14.9. The number of halogens is 1. The number of thiophene rings is 1. The van der Waals surface area contributed by atoms with Gasteiger partial charge >= 0.3 is 0 Å². The van der Waals surface area contributed by atoms with Gasteiger partial charge in [0.15, 0.2) is 0 Å². The molecule has 0 aliphatic carbocycles. The molecular weight excluding hydrogens is 287 g/mol. The summed E-state index contributed by atoms with van der Waals surface area (Å²) in [5.41, 5.74) is 6.05. The largest absolute Gasteiger partial charge is 0.397 e. The standard InChI is InChI=1S/C16H19FN2OS/c1-5-8-19(16(2,3)4)15(20)14-13(18)11-9-10(17)6-7-12(11)21-14/h5-7,9H,1,8,18H2,2-4H3. The molecule has 1 aromatic carbocycles. The Labute approximate surface area is 127 Å². The quantitative estimate of drug-likeness (QED) is 0.870. The molecule has 1 amide bonds. The van der Waals surface area contributed by atoms with Gasteiger partial charge in [0.25, 0.3) is 5.91 Å². The Morgan fingerprint density at radius 3 is 2.71 bits per heavy atom. The van der Waals surface area contributed by atoms with Crippen LogP contribution in [0.25, 0.3) is 10.1 Å². The number of nitrogens with two attached hydrogens (primary N) is 1. The fourth-order valence-corrected chi connectivity index (χ4v) is 3.21. The first-order chi connectivity index (χ1) is 9.75. The summed E-state index contributed by atoms with van der Waals surface area (Å²) < 4.78 is 14.1. The minimum Gasteiger partial charge on any atom is -0.397 e. The topological polar surface area (TPSA) is 46.3 Å². The van der Waals surface area contributed by atoms with Crippen molar-refractivity contribution in [3.05, 3.63) is 41.5 Å². The van der Waals surface area contributed by atoms with Crippen LogP contribution < -0.4 is 5.73 Å². The summed E-state index contributed by atoms with van der Waals surface area (Å²) in [6.45, 7) is 10.00. The van der Waals surface area contributed by atoms with Crippen molar-refractivity contribution in [2.24, 2.45) is 0 Å². The van der Waals surface area contributed by atoms with Crippen molar-refractivity contribution in [3.63, 3.8) is 0 Å². The molecule has 1 heterocycles. The highest BCUT2D eigenvalue weighted by Crippen LogP contribution is 2.35. The molecule has 0 aliphatic rings. The molecule has 2 rings (SSSR count). The average molecular weight is 306 g/mol. The third kappa shape index (κ3) is 2.93. The normalized spacial score (nSPS) is 11.6. The van der Waals surface area contributed by atoms with Gasteiger partial charge in [-0.05, 0) is 39.0 Å². The van der Waals surface area contributed by atoms with Gasteiger partial charge in [-0.1, -0.05) is 6.08 Å². The number of amides is 1. The van der Waals surface area contributed by atoms with Crippen LogP contribution in [-0.4, -0.2) is 22.9 Å². The zero-order valence-corrected chi connectivity index (χ0v) is 13.3. The summed E-state index contributed by atoms with van der Waals surface area (Å²) >= 11 is 1.29. The number of nitrogens with zero attached hydrogens (tertiary/aromatic N) is 1. The highest BCUT2D eigenvalue weighted by Gasteiger charge is 2.29. The van der Waals surface area contributed by atoms with E-state index in [1.807, 2.05) is 20.8 Å². The van der Waals surface area contributed by atoms with Crippen LogP contribution in [0.3, 0.4) is 0 Å². The minimum absolute atomic E-state index is 0.151. The van der Waals surface area contributed by atoms with E-state index in [9.17, 15) is 9.18 Å². The van der Waals surface area contributed by atoms with E-state index >= 15 is 0 Å². The first-order valence-electron chi connectivity index (χ1n) is 6.66. The molecule has 0 radical (unpaired) electrons. The summed E-state index contributed by atoms with van der Waals surface area (Å²) in [5.74, 6) is -0.508. The Balaban J connectivity index is 2.52. The maximum absolute atomic E-state index is 13.3. The molecule has 1 aromatic heterocycles. The van der Waals surface area contributed by atoms with Crippen molar-refractivity contribution in [1.29, 1.82) is 0 Å². The van der Waals surface area contributed by atoms with Crippen LogP contribution in [0.5, 0.6) is 0 Å². The summed E-state index contributed by atoms with van der Waals surface area (Å²) in [7, 11) is 0. The van der Waals surface area contributed by atoms with Gasteiger partial charge in [-0.2, -0.15) is 0 Å². The molecule has 0 aliphatic heterocycles. The molecule has 112 valence electrons. The number of carbonyl (C=O) groups is 1. The maximum Gasteiger partial charge on any atom is 0.266 e. The zero-order chi connectivity index (χ0) is 15.8. The van der Waals surface area contributed by atoms with Gasteiger partial charge in [-0.25, -0.2) is 4.39 Å². The van der Waals surface area contributed by atoms with Crippen LogP contribution in [0, 0.1) is 5.82 Å².